The largest absolute Gasteiger partial charge is 0.325 e. The molecule has 0 spiro atoms. The summed E-state index contributed by atoms with van der Waals surface area (Å²) in [5, 5.41) is 2.90. The maximum atomic E-state index is 12.2. The molecular formula is C19H24N2O3S2. The van der Waals surface area contributed by atoms with Crippen molar-refractivity contribution in [2.75, 3.05) is 28.7 Å². The maximum Gasteiger partial charge on any atom is 0.232 e. The van der Waals surface area contributed by atoms with Gasteiger partial charge in [0.2, 0.25) is 15.9 Å². The van der Waals surface area contributed by atoms with Crippen molar-refractivity contribution in [2.24, 2.45) is 0 Å². The number of thioether (sulfide) groups is 1. The number of rotatable bonds is 8. The Kier molecular flexibility index (Phi) is 7.11. The summed E-state index contributed by atoms with van der Waals surface area (Å²) in [5.74, 6) is -0.121. The number of hydrogen-bond acceptors (Lipinski definition) is 4. The third-order valence-electron chi connectivity index (χ3n) is 3.84. The minimum absolute atomic E-state index is 0.121. The van der Waals surface area contributed by atoms with Gasteiger partial charge in [-0.25, -0.2) is 8.42 Å². The predicted octanol–water partition coefficient (Wildman–Crippen LogP) is 3.90. The number of nitrogens with zero attached hydrogens (tertiary/aromatic N) is 1. The molecule has 0 unspecified atom stereocenters. The van der Waals surface area contributed by atoms with E-state index in [0.29, 0.717) is 12.1 Å². The first-order valence-electron chi connectivity index (χ1n) is 8.28. The van der Waals surface area contributed by atoms with Gasteiger partial charge in [0, 0.05) is 17.9 Å². The Morgan fingerprint density at radius 2 is 1.88 bits per heavy atom. The lowest BCUT2D eigenvalue weighted by atomic mass is 10.2. The maximum absolute atomic E-state index is 12.2. The van der Waals surface area contributed by atoms with Crippen LogP contribution in [-0.2, 0) is 14.8 Å². The number of hydrogen-bond donors (Lipinski definition) is 1. The highest BCUT2D eigenvalue weighted by Crippen LogP contribution is 2.25. The Labute approximate surface area is 159 Å². The minimum atomic E-state index is -3.40. The van der Waals surface area contributed by atoms with E-state index in [2.05, 4.69) is 5.32 Å². The number of amides is 1. The summed E-state index contributed by atoms with van der Waals surface area (Å²) in [7, 11) is -3.40. The van der Waals surface area contributed by atoms with Crippen LogP contribution in [0.1, 0.15) is 18.4 Å². The standard InChI is InChI=1S/C19H24N2O3S2/c1-15-8-6-9-16(14-15)21(26(3,23)24)13-7-12-19(22)20-17-10-4-5-11-18(17)25-2/h4-6,8-11,14H,7,12-13H2,1-3H3,(H,20,22). The molecule has 0 saturated heterocycles. The summed E-state index contributed by atoms with van der Waals surface area (Å²) in [6.07, 6.45) is 3.83. The van der Waals surface area contributed by atoms with E-state index >= 15 is 0 Å². The van der Waals surface area contributed by atoms with Gasteiger partial charge in [-0.2, -0.15) is 0 Å². The van der Waals surface area contributed by atoms with E-state index in [4.69, 9.17) is 0 Å². The zero-order chi connectivity index (χ0) is 19.2. The smallest absolute Gasteiger partial charge is 0.232 e. The SMILES string of the molecule is CSc1ccccc1NC(=O)CCCN(c1cccc(C)c1)S(C)(=O)=O. The van der Waals surface area contributed by atoms with Crippen LogP contribution in [0.25, 0.3) is 0 Å². The van der Waals surface area contributed by atoms with Crippen molar-refractivity contribution in [2.45, 2.75) is 24.7 Å². The van der Waals surface area contributed by atoms with Gasteiger partial charge >= 0.3 is 0 Å². The van der Waals surface area contributed by atoms with E-state index in [0.717, 1.165) is 16.1 Å². The summed E-state index contributed by atoms with van der Waals surface area (Å²) >= 11 is 1.57. The number of benzene rings is 2. The van der Waals surface area contributed by atoms with Gasteiger partial charge in [-0.3, -0.25) is 9.10 Å². The number of nitrogens with one attached hydrogen (secondary N) is 1. The fourth-order valence-corrected chi connectivity index (χ4v) is 4.12. The van der Waals surface area contributed by atoms with Gasteiger partial charge in [0.1, 0.15) is 0 Å². The fourth-order valence-electron chi connectivity index (χ4n) is 2.61. The molecule has 1 N–H and O–H groups in total. The van der Waals surface area contributed by atoms with Crippen molar-refractivity contribution in [1.82, 2.24) is 0 Å². The van der Waals surface area contributed by atoms with Crippen LogP contribution in [-0.4, -0.2) is 33.4 Å². The molecule has 1 amide bonds. The molecule has 0 saturated carbocycles. The molecule has 0 fully saturated rings. The van der Waals surface area contributed by atoms with Crippen molar-refractivity contribution < 1.29 is 13.2 Å². The van der Waals surface area contributed by atoms with Gasteiger partial charge in [-0.05, 0) is 49.4 Å². The summed E-state index contributed by atoms with van der Waals surface area (Å²) in [6, 6.07) is 14.9. The number of aryl methyl sites for hydroxylation is 1. The Hall–Kier alpha value is -1.99. The lowest BCUT2D eigenvalue weighted by Crippen LogP contribution is -2.31. The normalized spacial score (nSPS) is 11.2. The van der Waals surface area contributed by atoms with Gasteiger partial charge in [0.05, 0.1) is 17.6 Å². The first kappa shape index (κ1) is 20.3. The topological polar surface area (TPSA) is 66.5 Å². The number of carbonyl (C=O) groups excluding carboxylic acids is 1. The lowest BCUT2D eigenvalue weighted by molar-refractivity contribution is -0.116. The van der Waals surface area contributed by atoms with Gasteiger partial charge in [-0.1, -0.05) is 24.3 Å². The molecule has 0 aliphatic heterocycles. The molecule has 2 aromatic rings. The third kappa shape index (κ3) is 5.78. The van der Waals surface area contributed by atoms with Crippen LogP contribution in [0.5, 0.6) is 0 Å². The van der Waals surface area contributed by atoms with Gasteiger partial charge in [0.25, 0.3) is 0 Å². The van der Waals surface area contributed by atoms with Crippen LogP contribution in [0.3, 0.4) is 0 Å². The Balaban J connectivity index is 1.98. The Bertz CT molecular complexity index is 867. The van der Waals surface area contributed by atoms with Crippen LogP contribution >= 0.6 is 11.8 Å². The zero-order valence-electron chi connectivity index (χ0n) is 15.2. The van der Waals surface area contributed by atoms with Gasteiger partial charge < -0.3 is 5.32 Å². The number of anilines is 2. The Morgan fingerprint density at radius 3 is 2.54 bits per heavy atom. The highest BCUT2D eigenvalue weighted by molar-refractivity contribution is 7.98. The first-order valence-corrected chi connectivity index (χ1v) is 11.4. The van der Waals surface area contributed by atoms with E-state index < -0.39 is 10.0 Å². The van der Waals surface area contributed by atoms with Crippen molar-refractivity contribution in [3.63, 3.8) is 0 Å². The van der Waals surface area contributed by atoms with E-state index in [-0.39, 0.29) is 18.9 Å². The van der Waals surface area contributed by atoms with E-state index in [1.54, 1.807) is 17.8 Å². The second-order valence-corrected chi connectivity index (χ2v) is 8.78. The quantitative estimate of drug-likeness (QED) is 0.692. The fraction of sp³-hybridized carbons (Fsp3) is 0.316. The lowest BCUT2D eigenvalue weighted by Gasteiger charge is -2.22. The zero-order valence-corrected chi connectivity index (χ0v) is 16.9. The van der Waals surface area contributed by atoms with Crippen LogP contribution in [0.4, 0.5) is 11.4 Å². The van der Waals surface area contributed by atoms with Gasteiger partial charge in [0.15, 0.2) is 0 Å². The third-order valence-corrected chi connectivity index (χ3v) is 5.83. The molecule has 0 aromatic heterocycles. The molecule has 0 aliphatic carbocycles. The molecule has 5 nitrogen and oxygen atoms in total. The van der Waals surface area contributed by atoms with Crippen molar-refractivity contribution >= 4 is 39.1 Å². The molecular weight excluding hydrogens is 368 g/mol. The average Bonchev–Trinajstić information content (AvgIpc) is 2.58. The van der Waals surface area contributed by atoms with Crippen LogP contribution < -0.4 is 9.62 Å². The minimum Gasteiger partial charge on any atom is -0.325 e. The second-order valence-electron chi connectivity index (χ2n) is 6.03. The summed E-state index contributed by atoms with van der Waals surface area (Å²) in [4.78, 5) is 13.2. The molecule has 0 radical (unpaired) electrons. The number of para-hydroxylation sites is 1. The van der Waals surface area contributed by atoms with E-state index in [9.17, 15) is 13.2 Å². The van der Waals surface area contributed by atoms with Crippen molar-refractivity contribution in [1.29, 1.82) is 0 Å². The first-order chi connectivity index (χ1) is 12.3. The Morgan fingerprint density at radius 1 is 1.15 bits per heavy atom. The van der Waals surface area contributed by atoms with E-state index in [1.165, 1.54) is 10.6 Å². The predicted molar refractivity (Wildman–Crippen MR) is 109 cm³/mol. The summed E-state index contributed by atoms with van der Waals surface area (Å²) in [6.45, 7) is 2.18. The monoisotopic (exact) mass is 392 g/mol. The van der Waals surface area contributed by atoms with Crippen LogP contribution in [0.15, 0.2) is 53.4 Å². The molecule has 7 heteroatoms. The van der Waals surface area contributed by atoms with Crippen molar-refractivity contribution in [3.8, 4) is 0 Å². The molecule has 26 heavy (non-hydrogen) atoms. The molecule has 2 rings (SSSR count). The molecule has 2 aromatic carbocycles. The molecule has 140 valence electrons. The highest BCUT2D eigenvalue weighted by Gasteiger charge is 2.17. The van der Waals surface area contributed by atoms with Crippen LogP contribution in [0.2, 0.25) is 0 Å². The molecule has 0 bridgehead atoms. The second kappa shape index (κ2) is 9.09. The van der Waals surface area contributed by atoms with Crippen molar-refractivity contribution in [3.05, 3.63) is 54.1 Å². The van der Waals surface area contributed by atoms with Crippen LogP contribution in [0, 0.1) is 6.92 Å². The number of sulfonamides is 1. The average molecular weight is 393 g/mol. The summed E-state index contributed by atoms with van der Waals surface area (Å²) in [5.41, 5.74) is 2.40. The highest BCUT2D eigenvalue weighted by atomic mass is 32.2. The molecule has 0 heterocycles. The summed E-state index contributed by atoms with van der Waals surface area (Å²) < 4.78 is 25.6. The van der Waals surface area contributed by atoms with Gasteiger partial charge in [-0.15, -0.1) is 11.8 Å². The van der Waals surface area contributed by atoms with E-state index in [1.807, 2.05) is 55.6 Å². The molecule has 0 atom stereocenters. The number of carbonyl (C=O) groups is 1. The molecule has 0 aliphatic rings.